The Kier molecular flexibility index (Phi) is 2.48. The van der Waals surface area contributed by atoms with E-state index in [0.717, 1.165) is 34.0 Å². The summed E-state index contributed by atoms with van der Waals surface area (Å²) in [4.78, 5) is 15.2. The molecule has 1 aliphatic carbocycles. The van der Waals surface area contributed by atoms with Crippen LogP contribution in [0.3, 0.4) is 0 Å². The second-order valence-electron chi connectivity index (χ2n) is 5.16. The van der Waals surface area contributed by atoms with Crippen molar-refractivity contribution in [2.45, 2.75) is 12.3 Å². The highest BCUT2D eigenvalue weighted by molar-refractivity contribution is 6.17. The number of H-pyrrole nitrogens is 1. The Morgan fingerprint density at radius 1 is 1.10 bits per heavy atom. The van der Waals surface area contributed by atoms with Crippen molar-refractivity contribution in [3.05, 3.63) is 69.5 Å². The van der Waals surface area contributed by atoms with Gasteiger partial charge in [-0.25, -0.2) is 0 Å². The van der Waals surface area contributed by atoms with E-state index in [1.165, 1.54) is 11.1 Å². The van der Waals surface area contributed by atoms with Gasteiger partial charge in [0.25, 0.3) is 5.56 Å². The summed E-state index contributed by atoms with van der Waals surface area (Å²) in [7, 11) is 0. The molecule has 0 atom stereocenters. The van der Waals surface area contributed by atoms with Gasteiger partial charge in [0.2, 0.25) is 0 Å². The fraction of sp³-hybridized carbons (Fsp3) is 0.118. The van der Waals surface area contributed by atoms with E-state index in [4.69, 9.17) is 11.6 Å². The lowest BCUT2D eigenvalue weighted by Crippen LogP contribution is -2.08. The Morgan fingerprint density at radius 2 is 1.90 bits per heavy atom. The van der Waals surface area contributed by atoms with Gasteiger partial charge in [0.15, 0.2) is 0 Å². The maximum atomic E-state index is 12.2. The predicted molar refractivity (Wildman–Crippen MR) is 82.4 cm³/mol. The molecule has 3 heteroatoms. The van der Waals surface area contributed by atoms with Crippen LogP contribution in [0, 0.1) is 0 Å². The molecule has 1 heterocycles. The van der Waals surface area contributed by atoms with E-state index in [1.54, 1.807) is 0 Å². The zero-order valence-corrected chi connectivity index (χ0v) is 11.5. The summed E-state index contributed by atoms with van der Waals surface area (Å²) < 4.78 is 0. The van der Waals surface area contributed by atoms with Crippen LogP contribution in [0.15, 0.2) is 47.3 Å². The first-order chi connectivity index (χ1) is 9.78. The standard InChI is InChI=1S/C17H12ClNO/c18-9-10-5-6-12-11(7-10)8-15-13-3-1-2-4-14(13)17(20)19-16(12)15/h1-7H,8-9H2,(H,19,20). The fourth-order valence-corrected chi connectivity index (χ4v) is 3.23. The van der Waals surface area contributed by atoms with Gasteiger partial charge in [0.1, 0.15) is 0 Å². The number of halogens is 1. The third-order valence-corrected chi connectivity index (χ3v) is 4.31. The molecule has 1 aliphatic rings. The summed E-state index contributed by atoms with van der Waals surface area (Å²) in [6.45, 7) is 0. The van der Waals surface area contributed by atoms with Crippen LogP contribution in [0.5, 0.6) is 0 Å². The van der Waals surface area contributed by atoms with Gasteiger partial charge in [-0.3, -0.25) is 4.79 Å². The SMILES string of the molecule is O=c1[nH]c2c(c3ccccc13)Cc1cc(CCl)ccc1-2. The molecule has 2 nitrogen and oxygen atoms in total. The minimum Gasteiger partial charge on any atom is -0.321 e. The molecule has 0 aliphatic heterocycles. The molecular formula is C17H12ClNO. The van der Waals surface area contributed by atoms with Gasteiger partial charge in [-0.15, -0.1) is 11.6 Å². The summed E-state index contributed by atoms with van der Waals surface area (Å²) >= 11 is 5.90. The van der Waals surface area contributed by atoms with Gasteiger partial charge in [-0.2, -0.15) is 0 Å². The number of fused-ring (bicyclic) bond motifs is 5. The molecule has 0 bridgehead atoms. The molecule has 1 aromatic heterocycles. The Labute approximate surface area is 121 Å². The van der Waals surface area contributed by atoms with E-state index in [0.29, 0.717) is 5.88 Å². The number of alkyl halides is 1. The second kappa shape index (κ2) is 4.22. The molecule has 4 rings (SSSR count). The van der Waals surface area contributed by atoms with Crippen LogP contribution in [0.4, 0.5) is 0 Å². The van der Waals surface area contributed by atoms with Gasteiger partial charge in [-0.1, -0.05) is 36.4 Å². The lowest BCUT2D eigenvalue weighted by atomic mass is 10.0. The fourth-order valence-electron chi connectivity index (χ4n) is 3.06. The maximum absolute atomic E-state index is 12.2. The maximum Gasteiger partial charge on any atom is 0.256 e. The molecule has 0 amide bonds. The summed E-state index contributed by atoms with van der Waals surface area (Å²) in [5, 5.41) is 1.81. The lowest BCUT2D eigenvalue weighted by Gasteiger charge is -2.05. The first-order valence-corrected chi connectivity index (χ1v) is 7.13. The number of benzene rings is 2. The van der Waals surface area contributed by atoms with E-state index in [9.17, 15) is 4.79 Å². The molecular weight excluding hydrogens is 270 g/mol. The number of rotatable bonds is 1. The first-order valence-electron chi connectivity index (χ1n) is 6.60. The van der Waals surface area contributed by atoms with Gasteiger partial charge >= 0.3 is 0 Å². The van der Waals surface area contributed by atoms with Crippen molar-refractivity contribution in [2.75, 3.05) is 0 Å². The van der Waals surface area contributed by atoms with Crippen LogP contribution in [-0.2, 0) is 12.3 Å². The lowest BCUT2D eigenvalue weighted by molar-refractivity contribution is 1.23. The number of hydrogen-bond acceptors (Lipinski definition) is 1. The van der Waals surface area contributed by atoms with Gasteiger partial charge in [-0.05, 0) is 28.1 Å². The van der Waals surface area contributed by atoms with Gasteiger partial charge < -0.3 is 4.98 Å². The third kappa shape index (κ3) is 1.55. The molecule has 1 N–H and O–H groups in total. The molecule has 2 aromatic carbocycles. The first kappa shape index (κ1) is 11.7. The molecule has 0 saturated carbocycles. The van der Waals surface area contributed by atoms with Gasteiger partial charge in [0, 0.05) is 23.3 Å². The third-order valence-electron chi connectivity index (χ3n) is 4.00. The quantitative estimate of drug-likeness (QED) is 0.528. The van der Waals surface area contributed by atoms with Crippen LogP contribution in [0.2, 0.25) is 0 Å². The summed E-state index contributed by atoms with van der Waals surface area (Å²) in [5.74, 6) is 0.515. The Balaban J connectivity index is 2.05. The zero-order chi connectivity index (χ0) is 13.7. The van der Waals surface area contributed by atoms with Crippen molar-refractivity contribution in [3.63, 3.8) is 0 Å². The van der Waals surface area contributed by atoms with E-state index < -0.39 is 0 Å². The molecule has 0 unspecified atom stereocenters. The highest BCUT2D eigenvalue weighted by atomic mass is 35.5. The molecule has 0 radical (unpaired) electrons. The topological polar surface area (TPSA) is 32.9 Å². The van der Waals surface area contributed by atoms with Crippen LogP contribution in [0.1, 0.15) is 16.7 Å². The summed E-state index contributed by atoms with van der Waals surface area (Å²) in [6.07, 6.45) is 0.854. The van der Waals surface area contributed by atoms with Crippen molar-refractivity contribution in [1.82, 2.24) is 4.98 Å². The number of hydrogen-bond donors (Lipinski definition) is 1. The number of aromatic nitrogens is 1. The van der Waals surface area contributed by atoms with Crippen LogP contribution in [0.25, 0.3) is 22.0 Å². The Bertz CT molecular complexity index is 895. The second-order valence-corrected chi connectivity index (χ2v) is 5.42. The Hall–Kier alpha value is -2.06. The van der Waals surface area contributed by atoms with Crippen molar-refractivity contribution in [1.29, 1.82) is 0 Å². The van der Waals surface area contributed by atoms with E-state index in [2.05, 4.69) is 17.1 Å². The molecule has 0 spiro atoms. The van der Waals surface area contributed by atoms with Crippen LogP contribution < -0.4 is 5.56 Å². The molecule has 0 saturated heterocycles. The van der Waals surface area contributed by atoms with E-state index >= 15 is 0 Å². The summed E-state index contributed by atoms with van der Waals surface area (Å²) in [5.41, 5.74) is 5.63. The highest BCUT2D eigenvalue weighted by Gasteiger charge is 2.22. The van der Waals surface area contributed by atoms with Crippen molar-refractivity contribution in [2.24, 2.45) is 0 Å². The highest BCUT2D eigenvalue weighted by Crippen LogP contribution is 2.38. The minimum absolute atomic E-state index is 0.0198. The number of aromatic amines is 1. The van der Waals surface area contributed by atoms with E-state index in [-0.39, 0.29) is 5.56 Å². The normalized spacial score (nSPS) is 12.4. The monoisotopic (exact) mass is 281 g/mol. The number of nitrogens with one attached hydrogen (secondary N) is 1. The van der Waals surface area contributed by atoms with Crippen molar-refractivity contribution >= 4 is 22.4 Å². The van der Waals surface area contributed by atoms with E-state index in [1.807, 2.05) is 30.3 Å². The summed E-state index contributed by atoms with van der Waals surface area (Å²) in [6, 6.07) is 14.0. The Morgan fingerprint density at radius 3 is 2.70 bits per heavy atom. The largest absolute Gasteiger partial charge is 0.321 e. The zero-order valence-electron chi connectivity index (χ0n) is 10.7. The van der Waals surface area contributed by atoms with Crippen LogP contribution >= 0.6 is 11.6 Å². The van der Waals surface area contributed by atoms with Crippen LogP contribution in [-0.4, -0.2) is 4.98 Å². The minimum atomic E-state index is -0.0198. The average molecular weight is 282 g/mol. The molecule has 20 heavy (non-hydrogen) atoms. The smallest absolute Gasteiger partial charge is 0.256 e. The number of pyridine rings is 1. The van der Waals surface area contributed by atoms with Crippen molar-refractivity contribution < 1.29 is 0 Å². The predicted octanol–water partition coefficient (Wildman–Crippen LogP) is 3.84. The average Bonchev–Trinajstić information content (AvgIpc) is 2.85. The molecule has 0 fully saturated rings. The molecule has 3 aromatic rings. The molecule has 98 valence electrons. The van der Waals surface area contributed by atoms with Crippen molar-refractivity contribution in [3.8, 4) is 11.3 Å². The van der Waals surface area contributed by atoms with Gasteiger partial charge in [0.05, 0.1) is 5.69 Å².